The van der Waals surface area contributed by atoms with Gasteiger partial charge in [0.25, 0.3) is 15.7 Å². The summed E-state index contributed by atoms with van der Waals surface area (Å²) in [6.45, 7) is 1.19. The lowest BCUT2D eigenvalue weighted by molar-refractivity contribution is -0.384. The van der Waals surface area contributed by atoms with E-state index in [2.05, 4.69) is 10.0 Å². The number of anilines is 2. The van der Waals surface area contributed by atoms with Crippen LogP contribution in [0.15, 0.2) is 47.4 Å². The first-order valence-electron chi connectivity index (χ1n) is 6.53. The Morgan fingerprint density at radius 2 is 1.79 bits per heavy atom. The molecule has 2 aromatic carbocycles. The molecule has 0 fully saturated rings. The summed E-state index contributed by atoms with van der Waals surface area (Å²) in [5.41, 5.74) is -0.395. The second-order valence-corrected chi connectivity index (χ2v) is 6.41. The summed E-state index contributed by atoms with van der Waals surface area (Å²) in [4.78, 5) is 20.7. The fourth-order valence-electron chi connectivity index (χ4n) is 1.84. The van der Waals surface area contributed by atoms with Crippen LogP contribution >= 0.6 is 0 Å². The van der Waals surface area contributed by atoms with E-state index in [1.165, 1.54) is 13.0 Å². The third-order valence-electron chi connectivity index (χ3n) is 2.89. The minimum Gasteiger partial charge on any atom is -0.324 e. The van der Waals surface area contributed by atoms with E-state index in [4.69, 9.17) is 0 Å². The van der Waals surface area contributed by atoms with Crippen molar-refractivity contribution in [2.75, 3.05) is 10.0 Å². The van der Waals surface area contributed by atoms with Crippen LogP contribution in [0.25, 0.3) is 0 Å². The number of halogens is 1. The Kier molecular flexibility index (Phi) is 4.79. The number of nitrogens with one attached hydrogen (secondary N) is 2. The number of nitro benzene ring substituents is 1. The monoisotopic (exact) mass is 353 g/mol. The van der Waals surface area contributed by atoms with Gasteiger partial charge in [-0.15, -0.1) is 0 Å². The molecule has 0 bridgehead atoms. The van der Waals surface area contributed by atoms with Gasteiger partial charge in [-0.05, 0) is 30.3 Å². The number of carbonyl (C=O) groups is 1. The lowest BCUT2D eigenvalue weighted by Gasteiger charge is -2.10. The van der Waals surface area contributed by atoms with E-state index in [9.17, 15) is 27.7 Å². The number of rotatable bonds is 5. The molecule has 0 saturated heterocycles. The Labute approximate surface area is 136 Å². The maximum absolute atomic E-state index is 13.6. The quantitative estimate of drug-likeness (QED) is 0.632. The molecule has 8 nitrogen and oxygen atoms in total. The third-order valence-corrected chi connectivity index (χ3v) is 4.28. The highest BCUT2D eigenvalue weighted by molar-refractivity contribution is 7.92. The molecular weight excluding hydrogens is 341 g/mol. The summed E-state index contributed by atoms with van der Waals surface area (Å²) in [7, 11) is -4.02. The van der Waals surface area contributed by atoms with Gasteiger partial charge in [0.05, 0.1) is 21.2 Å². The van der Waals surface area contributed by atoms with Crippen LogP contribution in [0.4, 0.5) is 21.5 Å². The van der Waals surface area contributed by atoms with E-state index < -0.39 is 26.7 Å². The first kappa shape index (κ1) is 17.3. The number of carbonyl (C=O) groups excluding carboxylic acids is 1. The molecule has 10 heteroatoms. The Bertz CT molecular complexity index is 897. The smallest absolute Gasteiger partial charge is 0.269 e. The van der Waals surface area contributed by atoms with Crippen molar-refractivity contribution in [2.24, 2.45) is 0 Å². The molecule has 0 saturated carbocycles. The average Bonchev–Trinajstić information content (AvgIpc) is 2.50. The molecule has 0 heterocycles. The average molecular weight is 353 g/mol. The number of sulfonamides is 1. The molecule has 2 rings (SSSR count). The minimum absolute atomic E-state index is 0.0264. The van der Waals surface area contributed by atoms with E-state index in [0.717, 1.165) is 36.4 Å². The van der Waals surface area contributed by atoms with Crippen LogP contribution in [0.5, 0.6) is 0 Å². The predicted molar refractivity (Wildman–Crippen MR) is 84.6 cm³/mol. The molecule has 1 amide bonds. The van der Waals surface area contributed by atoms with Gasteiger partial charge in [0.1, 0.15) is 5.82 Å². The van der Waals surface area contributed by atoms with Gasteiger partial charge >= 0.3 is 0 Å². The maximum atomic E-state index is 13.6. The van der Waals surface area contributed by atoms with Gasteiger partial charge in [-0.2, -0.15) is 0 Å². The van der Waals surface area contributed by atoms with Crippen LogP contribution in [0, 0.1) is 15.9 Å². The van der Waals surface area contributed by atoms with Gasteiger partial charge in [-0.1, -0.05) is 0 Å². The third kappa shape index (κ3) is 4.04. The van der Waals surface area contributed by atoms with Gasteiger partial charge in [0.2, 0.25) is 5.91 Å². The Morgan fingerprint density at radius 3 is 2.33 bits per heavy atom. The normalized spacial score (nSPS) is 10.9. The van der Waals surface area contributed by atoms with Crippen molar-refractivity contribution in [3.63, 3.8) is 0 Å². The van der Waals surface area contributed by atoms with Crippen molar-refractivity contribution >= 4 is 33.0 Å². The van der Waals surface area contributed by atoms with E-state index in [1.54, 1.807) is 0 Å². The van der Waals surface area contributed by atoms with E-state index in [0.29, 0.717) is 0 Å². The van der Waals surface area contributed by atoms with E-state index in [1.807, 2.05) is 0 Å². The van der Waals surface area contributed by atoms with Crippen molar-refractivity contribution in [1.29, 1.82) is 0 Å². The Hall–Kier alpha value is -3.01. The fourth-order valence-corrected chi connectivity index (χ4v) is 2.88. The summed E-state index contributed by atoms with van der Waals surface area (Å²) >= 11 is 0. The maximum Gasteiger partial charge on any atom is 0.269 e. The van der Waals surface area contributed by atoms with E-state index in [-0.39, 0.29) is 22.0 Å². The van der Waals surface area contributed by atoms with Gasteiger partial charge in [-0.25, -0.2) is 12.8 Å². The molecule has 2 aromatic rings. The molecule has 0 radical (unpaired) electrons. The second kappa shape index (κ2) is 6.62. The largest absolute Gasteiger partial charge is 0.324 e. The zero-order chi connectivity index (χ0) is 17.9. The van der Waals surface area contributed by atoms with Crippen LogP contribution in [0.3, 0.4) is 0 Å². The van der Waals surface area contributed by atoms with Crippen molar-refractivity contribution in [1.82, 2.24) is 0 Å². The first-order valence-corrected chi connectivity index (χ1v) is 8.02. The van der Waals surface area contributed by atoms with Crippen LogP contribution in [-0.2, 0) is 14.8 Å². The van der Waals surface area contributed by atoms with Crippen molar-refractivity contribution < 1.29 is 22.5 Å². The number of hydrogen-bond donors (Lipinski definition) is 2. The van der Waals surface area contributed by atoms with Crippen molar-refractivity contribution in [3.05, 3.63) is 58.4 Å². The second-order valence-electron chi connectivity index (χ2n) is 4.73. The standard InChI is InChI=1S/C14H12FN3O5S/c1-9(19)16-14-8-10(2-7-13(14)15)17-24(22,23)12-5-3-11(4-6-12)18(20)21/h2-8,17H,1H3,(H,16,19). The predicted octanol–water partition coefficient (Wildman–Crippen LogP) is 2.49. The van der Waals surface area contributed by atoms with Crippen molar-refractivity contribution in [3.8, 4) is 0 Å². The number of hydrogen-bond acceptors (Lipinski definition) is 5. The molecule has 0 aliphatic heterocycles. The molecule has 0 atom stereocenters. The highest BCUT2D eigenvalue weighted by atomic mass is 32.2. The topological polar surface area (TPSA) is 118 Å². The molecule has 0 unspecified atom stereocenters. The summed E-state index contributed by atoms with van der Waals surface area (Å²) in [5.74, 6) is -1.23. The fraction of sp³-hybridized carbons (Fsp3) is 0.0714. The summed E-state index contributed by atoms with van der Waals surface area (Å²) < 4.78 is 40.2. The lowest BCUT2D eigenvalue weighted by Crippen LogP contribution is -2.14. The molecule has 0 aliphatic carbocycles. The van der Waals surface area contributed by atoms with Gasteiger partial charge in [0, 0.05) is 19.1 Å². The number of amides is 1. The highest BCUT2D eigenvalue weighted by Gasteiger charge is 2.17. The highest BCUT2D eigenvalue weighted by Crippen LogP contribution is 2.23. The van der Waals surface area contributed by atoms with Gasteiger partial charge in [-0.3, -0.25) is 19.6 Å². The summed E-state index contributed by atoms with van der Waals surface area (Å²) in [5, 5.41) is 12.8. The zero-order valence-corrected chi connectivity index (χ0v) is 13.1. The van der Waals surface area contributed by atoms with Crippen molar-refractivity contribution in [2.45, 2.75) is 11.8 Å². The van der Waals surface area contributed by atoms with Crippen LogP contribution in [0.1, 0.15) is 6.92 Å². The minimum atomic E-state index is -4.02. The molecule has 0 aromatic heterocycles. The molecule has 2 N–H and O–H groups in total. The number of benzene rings is 2. The van der Waals surface area contributed by atoms with Crippen LogP contribution < -0.4 is 10.0 Å². The van der Waals surface area contributed by atoms with E-state index >= 15 is 0 Å². The Balaban J connectivity index is 2.28. The lowest BCUT2D eigenvalue weighted by atomic mass is 10.2. The van der Waals surface area contributed by atoms with Gasteiger partial charge < -0.3 is 5.32 Å². The SMILES string of the molecule is CC(=O)Nc1cc(NS(=O)(=O)c2ccc([N+](=O)[O-])cc2)ccc1F. The number of nitro groups is 1. The first-order chi connectivity index (χ1) is 11.2. The zero-order valence-electron chi connectivity index (χ0n) is 12.3. The number of non-ortho nitro benzene ring substituents is 1. The molecule has 24 heavy (non-hydrogen) atoms. The van der Waals surface area contributed by atoms with Gasteiger partial charge in [0.15, 0.2) is 0 Å². The molecular formula is C14H12FN3O5S. The summed E-state index contributed by atoms with van der Waals surface area (Å²) in [6.07, 6.45) is 0. The Morgan fingerprint density at radius 1 is 1.17 bits per heavy atom. The molecule has 126 valence electrons. The van der Waals surface area contributed by atoms with Crippen LogP contribution in [-0.4, -0.2) is 19.2 Å². The number of nitrogens with zero attached hydrogens (tertiary/aromatic N) is 1. The molecule has 0 aliphatic rings. The van der Waals surface area contributed by atoms with Crippen LogP contribution in [0.2, 0.25) is 0 Å². The summed E-state index contributed by atoms with van der Waals surface area (Å²) in [6, 6.07) is 7.59. The molecule has 0 spiro atoms.